The molecule has 2 N–H and O–H groups in total. The summed E-state index contributed by atoms with van der Waals surface area (Å²) in [6, 6.07) is 3.12. The quantitative estimate of drug-likeness (QED) is 0.887. The highest BCUT2D eigenvalue weighted by Crippen LogP contribution is 2.40. The van der Waals surface area contributed by atoms with Crippen LogP contribution in [0.3, 0.4) is 0 Å². The van der Waals surface area contributed by atoms with Crippen LogP contribution < -0.4 is 15.2 Å². The Morgan fingerprint density at radius 2 is 2.25 bits per heavy atom. The summed E-state index contributed by atoms with van der Waals surface area (Å²) in [6.07, 6.45) is 1.01. The number of nitrogens with two attached hydrogens (primary N) is 1. The lowest BCUT2D eigenvalue weighted by atomic mass is 10.0. The minimum Gasteiger partial charge on any atom is -0.496 e. The van der Waals surface area contributed by atoms with E-state index in [4.69, 9.17) is 15.2 Å². The van der Waals surface area contributed by atoms with Crippen LogP contribution in [-0.2, 0) is 6.42 Å². The van der Waals surface area contributed by atoms with E-state index < -0.39 is 6.04 Å². The zero-order valence-electron chi connectivity index (χ0n) is 11.7. The summed E-state index contributed by atoms with van der Waals surface area (Å²) in [5.74, 6) is 1.81. The van der Waals surface area contributed by atoms with Crippen molar-refractivity contribution in [3.8, 4) is 11.5 Å². The molecule has 1 aromatic rings. The largest absolute Gasteiger partial charge is 0.496 e. The average Bonchev–Trinajstić information content (AvgIpc) is 2.87. The first-order valence-corrected chi connectivity index (χ1v) is 6.49. The van der Waals surface area contributed by atoms with Gasteiger partial charge in [-0.3, -0.25) is 0 Å². The lowest BCUT2D eigenvalue weighted by molar-refractivity contribution is 0.218. The SMILES string of the molecule is COc1cc2c(cc1C1C(N)=NC(=O)N1C)OC(C)C2. The number of hydrogen-bond donors (Lipinski definition) is 1. The fourth-order valence-corrected chi connectivity index (χ4v) is 2.77. The molecule has 2 aliphatic rings. The number of amides is 2. The second kappa shape index (κ2) is 4.40. The number of nitrogens with zero attached hydrogens (tertiary/aromatic N) is 2. The zero-order chi connectivity index (χ0) is 14.4. The highest BCUT2D eigenvalue weighted by Gasteiger charge is 2.35. The summed E-state index contributed by atoms with van der Waals surface area (Å²) in [4.78, 5) is 16.9. The molecule has 2 amide bonds. The van der Waals surface area contributed by atoms with Crippen molar-refractivity contribution in [2.75, 3.05) is 14.2 Å². The molecular weight excluding hydrogens is 258 g/mol. The van der Waals surface area contributed by atoms with E-state index in [1.165, 1.54) is 4.90 Å². The lowest BCUT2D eigenvalue weighted by Crippen LogP contribution is -2.30. The number of fused-ring (bicyclic) bond motifs is 1. The highest BCUT2D eigenvalue weighted by atomic mass is 16.5. The van der Waals surface area contributed by atoms with Crippen LogP contribution >= 0.6 is 0 Å². The molecule has 0 saturated heterocycles. The van der Waals surface area contributed by atoms with Crippen LogP contribution in [0.25, 0.3) is 0 Å². The number of aliphatic imine (C=N–C) groups is 1. The van der Waals surface area contributed by atoms with Crippen molar-refractivity contribution in [1.29, 1.82) is 0 Å². The summed E-state index contributed by atoms with van der Waals surface area (Å²) in [7, 11) is 3.28. The van der Waals surface area contributed by atoms with Gasteiger partial charge >= 0.3 is 6.03 Å². The van der Waals surface area contributed by atoms with Crippen molar-refractivity contribution >= 4 is 11.9 Å². The smallest absolute Gasteiger partial charge is 0.345 e. The molecule has 0 radical (unpaired) electrons. The lowest BCUT2D eigenvalue weighted by Gasteiger charge is -2.22. The second-order valence-electron chi connectivity index (χ2n) is 5.17. The van der Waals surface area contributed by atoms with Crippen LogP contribution in [-0.4, -0.2) is 37.0 Å². The molecular formula is C14H17N3O3. The van der Waals surface area contributed by atoms with Crippen molar-refractivity contribution in [2.45, 2.75) is 25.5 Å². The van der Waals surface area contributed by atoms with Crippen molar-refractivity contribution < 1.29 is 14.3 Å². The van der Waals surface area contributed by atoms with Crippen molar-refractivity contribution in [1.82, 2.24) is 4.90 Å². The second-order valence-corrected chi connectivity index (χ2v) is 5.17. The average molecular weight is 275 g/mol. The van der Waals surface area contributed by atoms with E-state index >= 15 is 0 Å². The molecule has 2 atom stereocenters. The van der Waals surface area contributed by atoms with Gasteiger partial charge in [-0.15, -0.1) is 0 Å². The van der Waals surface area contributed by atoms with Crippen LogP contribution in [0.15, 0.2) is 17.1 Å². The van der Waals surface area contributed by atoms with Crippen molar-refractivity contribution in [3.63, 3.8) is 0 Å². The Kier molecular flexibility index (Phi) is 2.81. The first-order chi connectivity index (χ1) is 9.51. The van der Waals surface area contributed by atoms with Gasteiger partial charge in [0.25, 0.3) is 0 Å². The number of ether oxygens (including phenoxy) is 2. The number of hydrogen-bond acceptors (Lipinski definition) is 4. The van der Waals surface area contributed by atoms with Gasteiger partial charge in [0.1, 0.15) is 29.5 Å². The molecule has 1 aromatic carbocycles. The number of urea groups is 1. The fraction of sp³-hybridized carbons (Fsp3) is 0.429. The maximum Gasteiger partial charge on any atom is 0.345 e. The van der Waals surface area contributed by atoms with Crippen LogP contribution in [0.1, 0.15) is 24.1 Å². The molecule has 6 heteroatoms. The Morgan fingerprint density at radius 3 is 2.85 bits per heavy atom. The van der Waals surface area contributed by atoms with E-state index in [1.54, 1.807) is 14.2 Å². The van der Waals surface area contributed by atoms with Crippen molar-refractivity contribution in [3.05, 3.63) is 23.3 Å². The van der Waals surface area contributed by atoms with Gasteiger partial charge in [0.2, 0.25) is 0 Å². The molecule has 2 unspecified atom stereocenters. The van der Waals surface area contributed by atoms with Crippen molar-refractivity contribution in [2.24, 2.45) is 10.7 Å². The van der Waals surface area contributed by atoms with Crippen LogP contribution in [0.2, 0.25) is 0 Å². The third-order valence-corrected chi connectivity index (χ3v) is 3.74. The Labute approximate surface area is 117 Å². The molecule has 0 bridgehead atoms. The summed E-state index contributed by atoms with van der Waals surface area (Å²) in [5.41, 5.74) is 7.79. The van der Waals surface area contributed by atoms with E-state index in [0.29, 0.717) is 5.75 Å². The van der Waals surface area contributed by atoms with Gasteiger partial charge in [0.05, 0.1) is 7.11 Å². The van der Waals surface area contributed by atoms with Gasteiger partial charge in [-0.25, -0.2) is 4.79 Å². The third-order valence-electron chi connectivity index (χ3n) is 3.74. The van der Waals surface area contributed by atoms with Gasteiger partial charge in [0.15, 0.2) is 0 Å². The fourth-order valence-electron chi connectivity index (χ4n) is 2.77. The third kappa shape index (κ3) is 1.79. The normalized spacial score (nSPS) is 24.4. The Morgan fingerprint density at radius 1 is 1.50 bits per heavy atom. The first-order valence-electron chi connectivity index (χ1n) is 6.49. The molecule has 0 aromatic heterocycles. The van der Waals surface area contributed by atoms with E-state index in [1.807, 2.05) is 19.1 Å². The molecule has 2 aliphatic heterocycles. The molecule has 0 spiro atoms. The molecule has 3 rings (SSSR count). The predicted octanol–water partition coefficient (Wildman–Crippen LogP) is 1.48. The van der Waals surface area contributed by atoms with Crippen LogP contribution in [0.4, 0.5) is 4.79 Å². The molecule has 2 heterocycles. The Bertz CT molecular complexity index is 612. The number of methoxy groups -OCH3 is 1. The number of likely N-dealkylation sites (N-methyl/N-ethyl adjacent to an activating group) is 1. The minimum atomic E-state index is -0.401. The molecule has 106 valence electrons. The number of carbonyl (C=O) groups is 1. The summed E-state index contributed by atoms with van der Waals surface area (Å²) < 4.78 is 11.2. The summed E-state index contributed by atoms with van der Waals surface area (Å²) in [6.45, 7) is 2.02. The molecule has 0 aliphatic carbocycles. The Hall–Kier alpha value is -2.24. The maximum absolute atomic E-state index is 11.6. The van der Waals surface area contributed by atoms with Gasteiger partial charge < -0.3 is 20.1 Å². The number of rotatable bonds is 2. The number of benzene rings is 1. The summed E-state index contributed by atoms with van der Waals surface area (Å²) >= 11 is 0. The van der Waals surface area contributed by atoms with E-state index in [0.717, 1.165) is 23.3 Å². The number of carbonyl (C=O) groups excluding carboxylic acids is 1. The van der Waals surface area contributed by atoms with E-state index in [9.17, 15) is 4.79 Å². The zero-order valence-corrected chi connectivity index (χ0v) is 11.7. The monoisotopic (exact) mass is 275 g/mol. The van der Waals surface area contributed by atoms with Crippen LogP contribution in [0, 0.1) is 0 Å². The summed E-state index contributed by atoms with van der Waals surface area (Å²) in [5, 5.41) is 0. The van der Waals surface area contributed by atoms with E-state index in [-0.39, 0.29) is 18.0 Å². The first kappa shape index (κ1) is 12.8. The predicted molar refractivity (Wildman–Crippen MR) is 74.3 cm³/mol. The number of amidine groups is 1. The Balaban J connectivity index is 2.08. The minimum absolute atomic E-state index is 0.152. The highest BCUT2D eigenvalue weighted by molar-refractivity contribution is 6.03. The van der Waals surface area contributed by atoms with Gasteiger partial charge in [-0.2, -0.15) is 4.99 Å². The molecule has 0 saturated carbocycles. The van der Waals surface area contributed by atoms with Gasteiger partial charge in [-0.1, -0.05) is 0 Å². The maximum atomic E-state index is 11.6. The van der Waals surface area contributed by atoms with Gasteiger partial charge in [0, 0.05) is 24.6 Å². The van der Waals surface area contributed by atoms with Gasteiger partial charge in [-0.05, 0) is 19.1 Å². The van der Waals surface area contributed by atoms with E-state index in [2.05, 4.69) is 4.99 Å². The molecule has 6 nitrogen and oxygen atoms in total. The standard InChI is InChI=1S/C14H17N3O3/c1-7-4-8-5-11(19-3)9(6-10(8)20-7)12-13(15)16-14(18)17(12)2/h5-7,12H,4H2,1-3H3,(H2,15,16,18). The molecule has 0 fully saturated rings. The molecule has 20 heavy (non-hydrogen) atoms. The topological polar surface area (TPSA) is 77.2 Å². The van der Waals surface area contributed by atoms with Crippen LogP contribution in [0.5, 0.6) is 11.5 Å².